The van der Waals surface area contributed by atoms with Crippen LogP contribution in [-0.4, -0.2) is 0 Å². The molecule has 2 aromatic heterocycles. The highest BCUT2D eigenvalue weighted by molar-refractivity contribution is 6.13. The van der Waals surface area contributed by atoms with E-state index in [9.17, 15) is 0 Å². The van der Waals surface area contributed by atoms with Crippen molar-refractivity contribution in [3.63, 3.8) is 0 Å². The third-order valence-electron chi connectivity index (χ3n) is 5.04. The van der Waals surface area contributed by atoms with Gasteiger partial charge < -0.3 is 4.42 Å². The summed E-state index contributed by atoms with van der Waals surface area (Å²) in [6, 6.07) is 14.4. The Labute approximate surface area is 153 Å². The summed E-state index contributed by atoms with van der Waals surface area (Å²) in [6.45, 7) is 14.3. The summed E-state index contributed by atoms with van der Waals surface area (Å²) >= 11 is 0. The molecule has 0 spiro atoms. The summed E-state index contributed by atoms with van der Waals surface area (Å²) in [6.07, 6.45) is 2.00. The number of hydrogen-bond donors (Lipinski definition) is 0. The molecule has 3 heteroatoms. The number of fused-ring (bicyclic) bond motifs is 3. The number of aromatic nitrogens is 1. The first-order chi connectivity index (χ1) is 12.5. The average molecular weight is 341 g/mol. The largest absolute Gasteiger partial charge is 0.467 e. The molecule has 0 fully saturated rings. The van der Waals surface area contributed by atoms with Crippen molar-refractivity contribution in [2.24, 2.45) is 7.05 Å². The minimum Gasteiger partial charge on any atom is -0.467 e. The van der Waals surface area contributed by atoms with E-state index in [4.69, 9.17) is 11.0 Å². The number of rotatable bonds is 2. The molecule has 4 rings (SSSR count). The molecule has 128 valence electrons. The van der Waals surface area contributed by atoms with Crippen molar-refractivity contribution in [1.29, 1.82) is 0 Å². The van der Waals surface area contributed by atoms with Gasteiger partial charge in [0.2, 0.25) is 11.4 Å². The standard InChI is InChI=1S/C23H21N2O/c1-14(2)16-9-8-11-19-21(16)17-13-15(3)20(22(24-4)23(17)26-19)18-10-6-7-12-25(18)5/h6-14H,1-3,5H3/q+1. The Morgan fingerprint density at radius 1 is 1.12 bits per heavy atom. The minimum absolute atomic E-state index is 0.391. The number of aryl methyl sites for hydroxylation is 2. The molecule has 0 aliphatic rings. The quantitative estimate of drug-likeness (QED) is 0.321. The third kappa shape index (κ3) is 2.30. The summed E-state index contributed by atoms with van der Waals surface area (Å²) < 4.78 is 8.25. The number of furan rings is 1. The monoisotopic (exact) mass is 341 g/mol. The summed E-state index contributed by atoms with van der Waals surface area (Å²) in [7, 11) is 2.00. The number of hydrogen-bond acceptors (Lipinski definition) is 1. The molecule has 3 nitrogen and oxygen atoms in total. The lowest BCUT2D eigenvalue weighted by atomic mass is 9.94. The van der Waals surface area contributed by atoms with Crippen LogP contribution in [0, 0.1) is 13.5 Å². The first kappa shape index (κ1) is 16.4. The van der Waals surface area contributed by atoms with Gasteiger partial charge in [-0.05, 0) is 42.2 Å². The maximum absolute atomic E-state index is 7.85. The first-order valence-electron chi connectivity index (χ1n) is 8.84. The van der Waals surface area contributed by atoms with E-state index in [1.807, 2.05) is 48.1 Å². The van der Waals surface area contributed by atoms with Crippen LogP contribution >= 0.6 is 0 Å². The molecule has 0 saturated carbocycles. The van der Waals surface area contributed by atoms with Crippen molar-refractivity contribution >= 4 is 27.6 Å². The van der Waals surface area contributed by atoms with Crippen LogP contribution in [0.1, 0.15) is 30.9 Å². The summed E-state index contributed by atoms with van der Waals surface area (Å²) in [5.41, 5.74) is 6.44. The van der Waals surface area contributed by atoms with Crippen LogP contribution in [0.25, 0.3) is 38.0 Å². The van der Waals surface area contributed by atoms with E-state index >= 15 is 0 Å². The van der Waals surface area contributed by atoms with Crippen molar-refractivity contribution in [2.75, 3.05) is 0 Å². The maximum Gasteiger partial charge on any atom is 0.243 e. The van der Waals surface area contributed by atoms with Crippen molar-refractivity contribution in [3.05, 3.63) is 71.2 Å². The smallest absolute Gasteiger partial charge is 0.243 e. The van der Waals surface area contributed by atoms with E-state index < -0.39 is 0 Å². The van der Waals surface area contributed by atoms with Gasteiger partial charge in [-0.1, -0.05) is 26.0 Å². The molecule has 0 amide bonds. The summed E-state index contributed by atoms with van der Waals surface area (Å²) in [5.74, 6) is 0.391. The number of benzene rings is 2. The van der Waals surface area contributed by atoms with E-state index in [1.165, 1.54) is 5.56 Å². The normalized spacial score (nSPS) is 11.4. The van der Waals surface area contributed by atoms with Gasteiger partial charge in [0.25, 0.3) is 0 Å². The highest BCUT2D eigenvalue weighted by Gasteiger charge is 2.24. The summed E-state index contributed by atoms with van der Waals surface area (Å²) in [4.78, 5) is 3.89. The Morgan fingerprint density at radius 3 is 2.62 bits per heavy atom. The Bertz CT molecular complexity index is 1190. The lowest BCUT2D eigenvalue weighted by Crippen LogP contribution is -2.30. The number of pyridine rings is 1. The van der Waals surface area contributed by atoms with E-state index in [2.05, 4.69) is 37.7 Å². The van der Waals surface area contributed by atoms with Crippen LogP contribution in [0.15, 0.2) is 53.1 Å². The van der Waals surface area contributed by atoms with Crippen molar-refractivity contribution in [3.8, 4) is 11.3 Å². The van der Waals surface area contributed by atoms with Gasteiger partial charge in [0.05, 0.1) is 12.1 Å². The van der Waals surface area contributed by atoms with Gasteiger partial charge in [-0.25, -0.2) is 9.41 Å². The molecule has 0 unspecified atom stereocenters. The highest BCUT2D eigenvalue weighted by atomic mass is 16.3. The van der Waals surface area contributed by atoms with Crippen LogP contribution in [0.5, 0.6) is 0 Å². The zero-order chi connectivity index (χ0) is 18.4. The zero-order valence-corrected chi connectivity index (χ0v) is 15.5. The lowest BCUT2D eigenvalue weighted by molar-refractivity contribution is -0.660. The van der Waals surface area contributed by atoms with Crippen LogP contribution in [-0.2, 0) is 7.05 Å². The van der Waals surface area contributed by atoms with Gasteiger partial charge in [-0.2, -0.15) is 0 Å². The Hall–Kier alpha value is -3.12. The van der Waals surface area contributed by atoms with Gasteiger partial charge in [-0.15, -0.1) is 0 Å². The zero-order valence-electron chi connectivity index (χ0n) is 15.5. The molecular weight excluding hydrogens is 320 g/mol. The molecular formula is C23H21N2O+. The van der Waals surface area contributed by atoms with E-state index in [1.54, 1.807) is 0 Å². The second-order valence-electron chi connectivity index (χ2n) is 7.08. The molecule has 2 heterocycles. The second-order valence-corrected chi connectivity index (χ2v) is 7.08. The molecule has 4 aromatic rings. The molecule has 0 atom stereocenters. The van der Waals surface area contributed by atoms with Gasteiger partial charge >= 0.3 is 0 Å². The van der Waals surface area contributed by atoms with Gasteiger partial charge in [-0.3, -0.25) is 0 Å². The number of nitrogens with zero attached hydrogens (tertiary/aromatic N) is 2. The van der Waals surface area contributed by atoms with Crippen molar-refractivity contribution in [2.45, 2.75) is 26.7 Å². The Balaban J connectivity index is 2.18. The van der Waals surface area contributed by atoms with Gasteiger partial charge in [0.1, 0.15) is 18.2 Å². The predicted molar refractivity (Wildman–Crippen MR) is 105 cm³/mol. The average Bonchev–Trinajstić information content (AvgIpc) is 2.99. The first-order valence-corrected chi connectivity index (χ1v) is 8.84. The van der Waals surface area contributed by atoms with Crippen LogP contribution in [0.3, 0.4) is 0 Å². The predicted octanol–water partition coefficient (Wildman–Crippen LogP) is 6.06. The van der Waals surface area contributed by atoms with Gasteiger partial charge in [0, 0.05) is 22.9 Å². The third-order valence-corrected chi connectivity index (χ3v) is 5.04. The topological polar surface area (TPSA) is 21.4 Å². The Kier molecular flexibility index (Phi) is 3.77. The van der Waals surface area contributed by atoms with Crippen molar-refractivity contribution in [1.82, 2.24) is 0 Å². The molecule has 26 heavy (non-hydrogen) atoms. The van der Waals surface area contributed by atoms with E-state index in [-0.39, 0.29) is 0 Å². The molecule has 0 radical (unpaired) electrons. The summed E-state index contributed by atoms with van der Waals surface area (Å²) in [5, 5.41) is 2.17. The molecule has 2 aromatic carbocycles. The molecule has 0 aliphatic heterocycles. The fourth-order valence-corrected chi connectivity index (χ4v) is 3.80. The Morgan fingerprint density at radius 2 is 1.92 bits per heavy atom. The maximum atomic E-state index is 7.85. The van der Waals surface area contributed by atoms with Crippen LogP contribution in [0.4, 0.5) is 5.69 Å². The fourth-order valence-electron chi connectivity index (χ4n) is 3.80. The van der Waals surface area contributed by atoms with Crippen LogP contribution in [0.2, 0.25) is 0 Å². The lowest BCUT2D eigenvalue weighted by Gasteiger charge is -2.09. The SMILES string of the molecule is [C-]#[N+]c1c(-c2cccc[n+]2C)c(C)cc2c1oc1cccc(C(C)C)c12. The highest BCUT2D eigenvalue weighted by Crippen LogP contribution is 2.44. The molecule has 0 N–H and O–H groups in total. The molecule has 0 bridgehead atoms. The molecule has 0 saturated heterocycles. The van der Waals surface area contributed by atoms with E-state index in [0.29, 0.717) is 17.2 Å². The van der Waals surface area contributed by atoms with Gasteiger partial charge in [0.15, 0.2) is 6.20 Å². The molecule has 0 aliphatic carbocycles. The van der Waals surface area contributed by atoms with Crippen molar-refractivity contribution < 1.29 is 8.98 Å². The second kappa shape index (κ2) is 6.00. The van der Waals surface area contributed by atoms with Crippen LogP contribution < -0.4 is 4.57 Å². The minimum atomic E-state index is 0.391. The fraction of sp³-hybridized carbons (Fsp3) is 0.217. The van der Waals surface area contributed by atoms with E-state index in [0.717, 1.165) is 33.2 Å².